The Balaban J connectivity index is 2.18. The molecule has 1 aromatic carbocycles. The van der Waals surface area contributed by atoms with Crippen LogP contribution in [0.25, 0.3) is 10.9 Å². The van der Waals surface area contributed by atoms with Crippen molar-refractivity contribution in [2.45, 2.75) is 18.3 Å². The van der Waals surface area contributed by atoms with Gasteiger partial charge >= 0.3 is 5.97 Å². The van der Waals surface area contributed by atoms with Gasteiger partial charge in [-0.05, 0) is 30.5 Å². The summed E-state index contributed by atoms with van der Waals surface area (Å²) in [4.78, 5) is 14.2. The number of carboxylic acids is 1. The van der Waals surface area contributed by atoms with Crippen molar-refractivity contribution >= 4 is 28.5 Å². The molecule has 82 valence electrons. The highest BCUT2D eigenvalue weighted by Gasteiger charge is 2.51. The maximum atomic E-state index is 11.2. The van der Waals surface area contributed by atoms with Gasteiger partial charge in [-0.1, -0.05) is 17.7 Å². The number of aliphatic carboxylic acids is 1. The van der Waals surface area contributed by atoms with Gasteiger partial charge < -0.3 is 10.1 Å². The second-order valence-corrected chi connectivity index (χ2v) is 4.69. The third kappa shape index (κ3) is 1.18. The molecule has 0 spiro atoms. The summed E-state index contributed by atoms with van der Waals surface area (Å²) in [5.74, 6) is -0.737. The first-order valence-electron chi connectivity index (χ1n) is 5.14. The number of halogens is 1. The Bertz CT molecular complexity index is 584. The number of hydrogen-bond donors (Lipinski definition) is 2. The van der Waals surface area contributed by atoms with Crippen LogP contribution in [0.1, 0.15) is 18.4 Å². The number of hydrogen-bond acceptors (Lipinski definition) is 1. The summed E-state index contributed by atoms with van der Waals surface area (Å²) in [5, 5.41) is 10.7. The molecule has 0 saturated heterocycles. The van der Waals surface area contributed by atoms with E-state index in [9.17, 15) is 9.90 Å². The molecule has 2 aromatic rings. The molecule has 3 rings (SSSR count). The summed E-state index contributed by atoms with van der Waals surface area (Å²) >= 11 is 6.02. The van der Waals surface area contributed by atoms with Gasteiger partial charge in [-0.3, -0.25) is 4.79 Å². The van der Waals surface area contributed by atoms with Crippen LogP contribution in [0.4, 0.5) is 0 Å². The lowest BCUT2D eigenvalue weighted by atomic mass is 9.95. The molecule has 0 amide bonds. The first-order valence-corrected chi connectivity index (χ1v) is 5.52. The molecule has 0 bridgehead atoms. The fourth-order valence-corrected chi connectivity index (χ4v) is 2.35. The van der Waals surface area contributed by atoms with Crippen molar-refractivity contribution in [3.05, 3.63) is 35.0 Å². The minimum absolute atomic E-state index is 0.637. The number of nitrogens with one attached hydrogen (secondary N) is 1. The minimum atomic E-state index is -0.737. The number of H-pyrrole nitrogens is 1. The second-order valence-electron chi connectivity index (χ2n) is 4.28. The Hall–Kier alpha value is -1.48. The van der Waals surface area contributed by atoms with Gasteiger partial charge in [0.05, 0.1) is 10.4 Å². The zero-order valence-electron chi connectivity index (χ0n) is 8.46. The molecule has 16 heavy (non-hydrogen) atoms. The maximum Gasteiger partial charge on any atom is 0.314 e. The number of benzene rings is 1. The van der Waals surface area contributed by atoms with E-state index in [-0.39, 0.29) is 0 Å². The highest BCUT2D eigenvalue weighted by molar-refractivity contribution is 6.35. The molecule has 0 atom stereocenters. The van der Waals surface area contributed by atoms with Gasteiger partial charge in [-0.15, -0.1) is 0 Å². The fourth-order valence-electron chi connectivity index (χ4n) is 2.14. The molecule has 1 heterocycles. The van der Waals surface area contributed by atoms with Crippen LogP contribution in [-0.2, 0) is 10.2 Å². The lowest BCUT2D eigenvalue weighted by Gasteiger charge is -2.09. The van der Waals surface area contributed by atoms with E-state index in [1.165, 1.54) is 0 Å². The van der Waals surface area contributed by atoms with Crippen molar-refractivity contribution in [2.75, 3.05) is 0 Å². The van der Waals surface area contributed by atoms with E-state index in [1.54, 1.807) is 6.20 Å². The first kappa shape index (κ1) is 9.73. The standard InChI is InChI=1S/C12H10ClNO2/c13-9-6-14-10-2-1-7(5-8(9)10)12(3-4-12)11(15)16/h1-2,5-6,14H,3-4H2,(H,15,16). The van der Waals surface area contributed by atoms with Crippen molar-refractivity contribution in [2.24, 2.45) is 0 Å². The number of aromatic nitrogens is 1. The number of carboxylic acid groups (broad SMARTS) is 1. The van der Waals surface area contributed by atoms with Crippen LogP contribution in [0, 0.1) is 0 Å². The Morgan fingerprint density at radius 2 is 2.19 bits per heavy atom. The smallest absolute Gasteiger partial charge is 0.314 e. The lowest BCUT2D eigenvalue weighted by Crippen LogP contribution is -2.19. The maximum absolute atomic E-state index is 11.2. The molecule has 1 aromatic heterocycles. The van der Waals surface area contributed by atoms with Crippen molar-refractivity contribution in [3.63, 3.8) is 0 Å². The minimum Gasteiger partial charge on any atom is -0.481 e. The van der Waals surface area contributed by atoms with E-state index < -0.39 is 11.4 Å². The number of fused-ring (bicyclic) bond motifs is 1. The Labute approximate surface area is 97.0 Å². The monoisotopic (exact) mass is 235 g/mol. The molecule has 4 heteroatoms. The van der Waals surface area contributed by atoms with E-state index in [2.05, 4.69) is 4.98 Å². The van der Waals surface area contributed by atoms with Gasteiger partial charge in [0.1, 0.15) is 0 Å². The summed E-state index contributed by atoms with van der Waals surface area (Å²) < 4.78 is 0. The molecule has 2 N–H and O–H groups in total. The molecule has 1 aliphatic carbocycles. The Morgan fingerprint density at radius 3 is 2.81 bits per heavy atom. The van der Waals surface area contributed by atoms with Crippen LogP contribution in [0.2, 0.25) is 5.02 Å². The normalized spacial score (nSPS) is 17.6. The number of carbonyl (C=O) groups is 1. The Morgan fingerprint density at radius 1 is 1.44 bits per heavy atom. The zero-order valence-corrected chi connectivity index (χ0v) is 9.21. The van der Waals surface area contributed by atoms with E-state index >= 15 is 0 Å². The molecule has 1 aliphatic rings. The van der Waals surface area contributed by atoms with Crippen LogP contribution >= 0.6 is 11.6 Å². The van der Waals surface area contributed by atoms with Gasteiger partial charge in [0.2, 0.25) is 0 Å². The van der Waals surface area contributed by atoms with Crippen molar-refractivity contribution in [1.29, 1.82) is 0 Å². The van der Waals surface area contributed by atoms with Crippen LogP contribution in [-0.4, -0.2) is 16.1 Å². The summed E-state index contributed by atoms with van der Waals surface area (Å²) in [7, 11) is 0. The van der Waals surface area contributed by atoms with Crippen molar-refractivity contribution < 1.29 is 9.90 Å². The molecule has 0 aliphatic heterocycles. The van der Waals surface area contributed by atoms with Crippen LogP contribution in [0.5, 0.6) is 0 Å². The van der Waals surface area contributed by atoms with E-state index in [0.29, 0.717) is 5.02 Å². The molecule has 0 radical (unpaired) electrons. The summed E-state index contributed by atoms with van der Waals surface area (Å²) in [6.07, 6.45) is 3.15. The molecule has 0 unspecified atom stereocenters. The second kappa shape index (κ2) is 3.01. The Kier molecular flexibility index (Phi) is 1.83. The topological polar surface area (TPSA) is 53.1 Å². The van der Waals surface area contributed by atoms with E-state index in [0.717, 1.165) is 29.3 Å². The number of rotatable bonds is 2. The largest absolute Gasteiger partial charge is 0.481 e. The highest BCUT2D eigenvalue weighted by Crippen LogP contribution is 2.49. The summed E-state index contributed by atoms with van der Waals surface area (Å²) in [6.45, 7) is 0. The molecule has 3 nitrogen and oxygen atoms in total. The molecular formula is C12H10ClNO2. The van der Waals surface area contributed by atoms with Gasteiger partial charge in [-0.2, -0.15) is 0 Å². The van der Waals surface area contributed by atoms with Crippen LogP contribution < -0.4 is 0 Å². The van der Waals surface area contributed by atoms with Gasteiger partial charge in [0.25, 0.3) is 0 Å². The van der Waals surface area contributed by atoms with Crippen molar-refractivity contribution in [1.82, 2.24) is 4.98 Å². The molecule has 1 fully saturated rings. The van der Waals surface area contributed by atoms with Gasteiger partial charge in [0, 0.05) is 17.1 Å². The lowest BCUT2D eigenvalue weighted by molar-refractivity contribution is -0.140. The van der Waals surface area contributed by atoms with Gasteiger partial charge in [-0.25, -0.2) is 0 Å². The average molecular weight is 236 g/mol. The van der Waals surface area contributed by atoms with Crippen LogP contribution in [0.15, 0.2) is 24.4 Å². The predicted molar refractivity (Wildman–Crippen MR) is 61.9 cm³/mol. The summed E-state index contributed by atoms with van der Waals surface area (Å²) in [6, 6.07) is 5.64. The fraction of sp³-hybridized carbons (Fsp3) is 0.250. The quantitative estimate of drug-likeness (QED) is 0.841. The average Bonchev–Trinajstić information content (AvgIpc) is 3.01. The highest BCUT2D eigenvalue weighted by atomic mass is 35.5. The van der Waals surface area contributed by atoms with Gasteiger partial charge in [0.15, 0.2) is 0 Å². The third-order valence-corrected chi connectivity index (χ3v) is 3.66. The van der Waals surface area contributed by atoms with E-state index in [4.69, 9.17) is 11.6 Å². The van der Waals surface area contributed by atoms with E-state index in [1.807, 2.05) is 18.2 Å². The number of aromatic amines is 1. The SMILES string of the molecule is O=C(O)C1(c2ccc3[nH]cc(Cl)c3c2)CC1. The molecular weight excluding hydrogens is 226 g/mol. The first-order chi connectivity index (χ1) is 7.63. The van der Waals surface area contributed by atoms with Crippen LogP contribution in [0.3, 0.4) is 0 Å². The van der Waals surface area contributed by atoms with Crippen molar-refractivity contribution in [3.8, 4) is 0 Å². The molecule has 1 saturated carbocycles. The summed E-state index contributed by atoms with van der Waals surface area (Å²) in [5.41, 5.74) is 1.14. The third-order valence-electron chi connectivity index (χ3n) is 3.34. The zero-order chi connectivity index (χ0) is 11.3. The predicted octanol–water partition coefficient (Wildman–Crippen LogP) is 2.94.